The fraction of sp³-hybridized carbons (Fsp3) is 0.0400. The summed E-state index contributed by atoms with van der Waals surface area (Å²) >= 11 is 6.57. The standard InChI is InChI=1S/C25H14ClF2N9/c26-19-6-16(34-23(21-12-33-37-36-21)14-3-1-2-13(4-14)8-29)5-18-22(15(9-30)10-31-24(18)19)35-17-7-20(27)25(28)32-11-17/h1-7,10-12,23,34H,(H,31,35)(H,33,36,37)/t23-/m0/s1. The average Bonchev–Trinajstić information content (AvgIpc) is 3.44. The van der Waals surface area contributed by atoms with Gasteiger partial charge in [0.1, 0.15) is 11.8 Å². The van der Waals surface area contributed by atoms with E-state index in [0.717, 1.165) is 17.8 Å². The molecule has 3 heterocycles. The third-order valence-corrected chi connectivity index (χ3v) is 5.79. The van der Waals surface area contributed by atoms with E-state index >= 15 is 0 Å². The summed E-state index contributed by atoms with van der Waals surface area (Å²) in [4.78, 5) is 7.68. The minimum Gasteiger partial charge on any atom is -0.373 e. The van der Waals surface area contributed by atoms with Crippen molar-refractivity contribution in [3.63, 3.8) is 0 Å². The van der Waals surface area contributed by atoms with Crippen LogP contribution in [0.25, 0.3) is 10.9 Å². The Balaban J connectivity index is 1.62. The van der Waals surface area contributed by atoms with E-state index in [0.29, 0.717) is 27.8 Å². The predicted molar refractivity (Wildman–Crippen MR) is 132 cm³/mol. The summed E-state index contributed by atoms with van der Waals surface area (Å²) < 4.78 is 27.1. The molecule has 37 heavy (non-hydrogen) atoms. The lowest BCUT2D eigenvalue weighted by atomic mass is 10.0. The van der Waals surface area contributed by atoms with Gasteiger partial charge < -0.3 is 10.6 Å². The average molecular weight is 514 g/mol. The number of anilines is 3. The Labute approximate surface area is 213 Å². The molecule has 0 aliphatic carbocycles. The summed E-state index contributed by atoms with van der Waals surface area (Å²) in [6.07, 6.45) is 4.00. The molecule has 0 bridgehead atoms. The maximum absolute atomic E-state index is 13.8. The summed E-state index contributed by atoms with van der Waals surface area (Å²) in [5.74, 6) is -2.38. The number of pyridine rings is 2. The van der Waals surface area contributed by atoms with Crippen LogP contribution in [0.5, 0.6) is 0 Å². The van der Waals surface area contributed by atoms with Crippen LogP contribution >= 0.6 is 11.6 Å². The number of rotatable bonds is 6. The van der Waals surface area contributed by atoms with Crippen molar-refractivity contribution in [3.05, 3.63) is 100 Å². The second-order valence-electron chi connectivity index (χ2n) is 7.84. The zero-order valence-electron chi connectivity index (χ0n) is 18.7. The molecule has 180 valence electrons. The SMILES string of the molecule is N#Cc1cccc([C@H](Nc2cc(Cl)c3ncc(C#N)c(Nc4cnc(F)c(F)c4)c3c2)c2cn[nH]n2)c1. The number of hydrogen-bond acceptors (Lipinski definition) is 8. The van der Waals surface area contributed by atoms with Crippen LogP contribution in [-0.4, -0.2) is 25.4 Å². The number of aromatic amines is 1. The van der Waals surface area contributed by atoms with E-state index in [1.54, 1.807) is 36.5 Å². The van der Waals surface area contributed by atoms with Crippen molar-refractivity contribution in [3.8, 4) is 12.1 Å². The molecule has 0 amide bonds. The van der Waals surface area contributed by atoms with E-state index in [-0.39, 0.29) is 22.0 Å². The number of H-pyrrole nitrogens is 1. The molecular formula is C25H14ClF2N9. The molecule has 0 spiro atoms. The Hall–Kier alpha value is -5.13. The van der Waals surface area contributed by atoms with Crippen LogP contribution in [-0.2, 0) is 0 Å². The summed E-state index contributed by atoms with van der Waals surface area (Å²) in [5.41, 5.74) is 3.27. The normalized spacial score (nSPS) is 11.5. The molecule has 5 aromatic rings. The highest BCUT2D eigenvalue weighted by molar-refractivity contribution is 6.36. The second-order valence-corrected chi connectivity index (χ2v) is 8.25. The first-order chi connectivity index (χ1) is 18.0. The van der Waals surface area contributed by atoms with Gasteiger partial charge in [-0.15, -0.1) is 0 Å². The topological polar surface area (TPSA) is 139 Å². The number of halogens is 3. The van der Waals surface area contributed by atoms with Crippen molar-refractivity contribution in [1.29, 1.82) is 10.5 Å². The zero-order valence-corrected chi connectivity index (χ0v) is 19.4. The molecule has 0 unspecified atom stereocenters. The number of benzene rings is 2. The van der Waals surface area contributed by atoms with Crippen molar-refractivity contribution >= 4 is 39.6 Å². The van der Waals surface area contributed by atoms with Crippen LogP contribution in [0.1, 0.15) is 28.4 Å². The molecule has 3 N–H and O–H groups in total. The number of fused-ring (bicyclic) bond motifs is 1. The third-order valence-electron chi connectivity index (χ3n) is 5.50. The Kier molecular flexibility index (Phi) is 6.29. The fourth-order valence-electron chi connectivity index (χ4n) is 3.83. The Morgan fingerprint density at radius 1 is 0.973 bits per heavy atom. The van der Waals surface area contributed by atoms with Gasteiger partial charge in [-0.1, -0.05) is 23.7 Å². The van der Waals surface area contributed by atoms with E-state index in [1.165, 1.54) is 6.20 Å². The molecule has 0 saturated heterocycles. The summed E-state index contributed by atoms with van der Waals surface area (Å²) in [6.45, 7) is 0. The molecule has 0 radical (unpaired) electrons. The monoisotopic (exact) mass is 513 g/mol. The van der Waals surface area contributed by atoms with E-state index < -0.39 is 17.8 Å². The predicted octanol–water partition coefficient (Wildman–Crippen LogP) is 5.37. The van der Waals surface area contributed by atoms with Gasteiger partial charge in [0.25, 0.3) is 0 Å². The smallest absolute Gasteiger partial charge is 0.249 e. The quantitative estimate of drug-likeness (QED) is 0.257. The van der Waals surface area contributed by atoms with Gasteiger partial charge in [-0.25, -0.2) is 9.37 Å². The first-order valence-electron chi connectivity index (χ1n) is 10.7. The van der Waals surface area contributed by atoms with Gasteiger partial charge in [0.2, 0.25) is 5.95 Å². The molecule has 9 nitrogen and oxygen atoms in total. The number of hydrogen-bond donors (Lipinski definition) is 3. The maximum atomic E-state index is 13.8. The van der Waals surface area contributed by atoms with Gasteiger partial charge in [0.05, 0.1) is 57.5 Å². The molecule has 5 rings (SSSR count). The number of nitriles is 2. The van der Waals surface area contributed by atoms with Crippen LogP contribution in [0.3, 0.4) is 0 Å². The van der Waals surface area contributed by atoms with E-state index in [9.17, 15) is 19.3 Å². The van der Waals surface area contributed by atoms with Gasteiger partial charge in [0.15, 0.2) is 5.82 Å². The van der Waals surface area contributed by atoms with Crippen LogP contribution in [0.2, 0.25) is 5.02 Å². The summed E-state index contributed by atoms with van der Waals surface area (Å²) in [5, 5.41) is 36.7. The van der Waals surface area contributed by atoms with Crippen LogP contribution in [0, 0.1) is 34.4 Å². The van der Waals surface area contributed by atoms with E-state index in [4.69, 9.17) is 11.6 Å². The van der Waals surface area contributed by atoms with Crippen LogP contribution < -0.4 is 10.6 Å². The maximum Gasteiger partial charge on any atom is 0.249 e. The molecule has 0 fully saturated rings. The highest BCUT2D eigenvalue weighted by Gasteiger charge is 2.20. The first kappa shape index (κ1) is 23.6. The zero-order chi connectivity index (χ0) is 25.9. The minimum atomic E-state index is -1.24. The number of nitrogens with one attached hydrogen (secondary N) is 3. The Morgan fingerprint density at radius 3 is 2.57 bits per heavy atom. The van der Waals surface area contributed by atoms with Gasteiger partial charge in [-0.05, 0) is 29.8 Å². The number of aromatic nitrogens is 5. The summed E-state index contributed by atoms with van der Waals surface area (Å²) in [7, 11) is 0. The molecule has 1 atom stereocenters. The van der Waals surface area contributed by atoms with Gasteiger partial charge in [-0.3, -0.25) is 4.98 Å². The molecule has 3 aromatic heterocycles. The first-order valence-corrected chi connectivity index (χ1v) is 11.1. The number of nitrogens with zero attached hydrogens (tertiary/aromatic N) is 6. The van der Waals surface area contributed by atoms with E-state index in [1.807, 2.05) is 12.1 Å². The third kappa shape index (κ3) is 4.72. The van der Waals surface area contributed by atoms with Crippen molar-refractivity contribution < 1.29 is 8.78 Å². The van der Waals surface area contributed by atoms with Crippen molar-refractivity contribution in [2.75, 3.05) is 10.6 Å². The lowest BCUT2D eigenvalue weighted by molar-refractivity contribution is 0.480. The minimum absolute atomic E-state index is 0.131. The molecule has 0 saturated carbocycles. The fourth-order valence-corrected chi connectivity index (χ4v) is 4.10. The van der Waals surface area contributed by atoms with Gasteiger partial charge in [-0.2, -0.15) is 30.3 Å². The van der Waals surface area contributed by atoms with Gasteiger partial charge >= 0.3 is 0 Å². The van der Waals surface area contributed by atoms with Crippen LogP contribution in [0.15, 0.2) is 61.1 Å². The van der Waals surface area contributed by atoms with Crippen molar-refractivity contribution in [1.82, 2.24) is 25.4 Å². The molecule has 0 aliphatic rings. The molecule has 0 aliphatic heterocycles. The highest BCUT2D eigenvalue weighted by Crippen LogP contribution is 2.36. The second kappa shape index (κ2) is 9.85. The van der Waals surface area contributed by atoms with Gasteiger partial charge in [0, 0.05) is 23.3 Å². The summed E-state index contributed by atoms with van der Waals surface area (Å²) in [6, 6.07) is 15.0. The van der Waals surface area contributed by atoms with E-state index in [2.05, 4.69) is 42.1 Å². The molecule has 12 heteroatoms. The van der Waals surface area contributed by atoms with Crippen LogP contribution in [0.4, 0.5) is 25.8 Å². The lowest BCUT2D eigenvalue weighted by Gasteiger charge is -2.20. The highest BCUT2D eigenvalue weighted by atomic mass is 35.5. The Bertz CT molecular complexity index is 1710. The lowest BCUT2D eigenvalue weighted by Crippen LogP contribution is -2.13. The van der Waals surface area contributed by atoms with Crippen molar-refractivity contribution in [2.24, 2.45) is 0 Å². The van der Waals surface area contributed by atoms with Crippen molar-refractivity contribution in [2.45, 2.75) is 6.04 Å². The Morgan fingerprint density at radius 2 is 1.84 bits per heavy atom. The molecule has 2 aromatic carbocycles. The molecular weight excluding hydrogens is 500 g/mol. The largest absolute Gasteiger partial charge is 0.373 e.